The maximum Gasteiger partial charge on any atom is 0.119 e. The van der Waals surface area contributed by atoms with Crippen LogP contribution in [-0.4, -0.2) is 13.2 Å². The van der Waals surface area contributed by atoms with E-state index in [1.54, 1.807) is 11.3 Å². The Bertz CT molecular complexity index is 478. The van der Waals surface area contributed by atoms with Crippen LogP contribution in [0.1, 0.15) is 43.9 Å². The Morgan fingerprint density at radius 2 is 1.90 bits per heavy atom. The van der Waals surface area contributed by atoms with Gasteiger partial charge in [0.1, 0.15) is 5.75 Å². The van der Waals surface area contributed by atoms with E-state index in [1.165, 1.54) is 17.5 Å². The molecular weight excluding hydrogens is 266 g/mol. The summed E-state index contributed by atoms with van der Waals surface area (Å²) in [5, 5.41) is 7.87. The lowest BCUT2D eigenvalue weighted by Gasteiger charge is -2.18. The molecule has 3 heteroatoms. The molecule has 1 N–H and O–H groups in total. The zero-order valence-corrected chi connectivity index (χ0v) is 13.1. The molecule has 0 spiro atoms. The molecule has 1 atom stereocenters. The van der Waals surface area contributed by atoms with E-state index in [0.29, 0.717) is 0 Å². The maximum atomic E-state index is 5.71. The van der Waals surface area contributed by atoms with Gasteiger partial charge in [0.05, 0.1) is 12.6 Å². The van der Waals surface area contributed by atoms with Crippen molar-refractivity contribution in [1.82, 2.24) is 5.32 Å². The van der Waals surface area contributed by atoms with Gasteiger partial charge in [-0.05, 0) is 53.1 Å². The van der Waals surface area contributed by atoms with Crippen molar-refractivity contribution in [3.8, 4) is 5.75 Å². The van der Waals surface area contributed by atoms with Gasteiger partial charge in [-0.2, -0.15) is 11.3 Å². The molecular formula is C17H23NOS. The van der Waals surface area contributed by atoms with E-state index < -0.39 is 0 Å². The fourth-order valence-corrected chi connectivity index (χ4v) is 2.85. The predicted molar refractivity (Wildman–Crippen MR) is 86.7 cm³/mol. The van der Waals surface area contributed by atoms with E-state index in [1.807, 2.05) is 0 Å². The van der Waals surface area contributed by atoms with Crippen LogP contribution in [0.2, 0.25) is 0 Å². The molecule has 0 aliphatic carbocycles. The average Bonchev–Trinajstić information content (AvgIpc) is 3.00. The van der Waals surface area contributed by atoms with Gasteiger partial charge in [-0.1, -0.05) is 32.4 Å². The number of hydrogen-bond donors (Lipinski definition) is 1. The number of unbranched alkanes of at least 4 members (excludes halogenated alkanes) is 1. The normalized spacial score (nSPS) is 12.3. The maximum absolute atomic E-state index is 5.71. The molecule has 1 aromatic carbocycles. The number of benzene rings is 1. The van der Waals surface area contributed by atoms with Crippen molar-refractivity contribution in [2.75, 3.05) is 13.2 Å². The summed E-state index contributed by atoms with van der Waals surface area (Å²) in [6.45, 7) is 6.07. The quantitative estimate of drug-likeness (QED) is 0.716. The van der Waals surface area contributed by atoms with Gasteiger partial charge in [0.2, 0.25) is 0 Å². The Labute approximate surface area is 125 Å². The fourth-order valence-electron chi connectivity index (χ4n) is 2.16. The first kappa shape index (κ1) is 15.1. The molecule has 0 amide bonds. The molecule has 0 bridgehead atoms. The second-order valence-corrected chi connectivity index (χ2v) is 5.60. The first-order chi connectivity index (χ1) is 9.85. The van der Waals surface area contributed by atoms with Gasteiger partial charge in [0.25, 0.3) is 0 Å². The molecule has 108 valence electrons. The Balaban J connectivity index is 2.06. The average molecular weight is 289 g/mol. The number of thiophene rings is 1. The van der Waals surface area contributed by atoms with Crippen molar-refractivity contribution < 1.29 is 4.74 Å². The molecule has 20 heavy (non-hydrogen) atoms. The van der Waals surface area contributed by atoms with Crippen LogP contribution >= 0.6 is 11.3 Å². The summed E-state index contributed by atoms with van der Waals surface area (Å²) in [6, 6.07) is 10.9. The van der Waals surface area contributed by atoms with Crippen molar-refractivity contribution >= 4 is 11.3 Å². The van der Waals surface area contributed by atoms with Crippen LogP contribution in [0.5, 0.6) is 5.75 Å². The molecule has 2 aromatic rings. The van der Waals surface area contributed by atoms with Gasteiger partial charge in [-0.15, -0.1) is 0 Å². The summed E-state index contributed by atoms with van der Waals surface area (Å²) in [6.07, 6.45) is 2.27. The third kappa shape index (κ3) is 4.09. The highest BCUT2D eigenvalue weighted by molar-refractivity contribution is 7.08. The van der Waals surface area contributed by atoms with Crippen molar-refractivity contribution in [3.05, 3.63) is 52.2 Å². The molecule has 0 saturated carbocycles. The molecule has 2 rings (SSSR count). The molecule has 0 radical (unpaired) electrons. The van der Waals surface area contributed by atoms with Crippen LogP contribution in [0, 0.1) is 0 Å². The van der Waals surface area contributed by atoms with Gasteiger partial charge < -0.3 is 10.1 Å². The number of nitrogens with one attached hydrogen (secondary N) is 1. The Hall–Kier alpha value is -1.32. The first-order valence-corrected chi connectivity index (χ1v) is 8.27. The molecule has 2 nitrogen and oxygen atoms in total. The van der Waals surface area contributed by atoms with Crippen LogP contribution in [0.4, 0.5) is 0 Å². The summed E-state index contributed by atoms with van der Waals surface area (Å²) in [5.41, 5.74) is 2.62. The van der Waals surface area contributed by atoms with Gasteiger partial charge >= 0.3 is 0 Å². The van der Waals surface area contributed by atoms with Crippen LogP contribution in [0.15, 0.2) is 41.1 Å². The van der Waals surface area contributed by atoms with E-state index in [0.717, 1.165) is 25.3 Å². The lowest BCUT2D eigenvalue weighted by atomic mass is 10.0. The third-order valence-corrected chi connectivity index (χ3v) is 3.97. The number of hydrogen-bond acceptors (Lipinski definition) is 3. The zero-order chi connectivity index (χ0) is 14.2. The molecule has 0 aliphatic heterocycles. The lowest BCUT2D eigenvalue weighted by Crippen LogP contribution is -2.21. The third-order valence-electron chi connectivity index (χ3n) is 3.26. The molecule has 1 heterocycles. The summed E-state index contributed by atoms with van der Waals surface area (Å²) >= 11 is 1.74. The number of ether oxygens (including phenoxy) is 1. The minimum atomic E-state index is 0.274. The van der Waals surface area contributed by atoms with E-state index in [9.17, 15) is 0 Å². The predicted octanol–water partition coefficient (Wildman–Crippen LogP) is 4.63. The molecule has 0 fully saturated rings. The van der Waals surface area contributed by atoms with E-state index in [2.05, 4.69) is 60.3 Å². The standard InChI is InChI=1S/C17H23NOS/c1-3-5-11-19-16-8-6-14(7-9-16)17(18-4-2)15-10-12-20-13-15/h6-10,12-13,17-18H,3-5,11H2,1-2H3. The second kappa shape index (κ2) is 8.08. The van der Waals surface area contributed by atoms with E-state index in [-0.39, 0.29) is 6.04 Å². The van der Waals surface area contributed by atoms with Crippen molar-refractivity contribution in [3.63, 3.8) is 0 Å². The highest BCUT2D eigenvalue weighted by Crippen LogP contribution is 2.25. The van der Waals surface area contributed by atoms with Gasteiger partial charge in [-0.3, -0.25) is 0 Å². The minimum absolute atomic E-state index is 0.274. The van der Waals surface area contributed by atoms with Crippen molar-refractivity contribution in [2.45, 2.75) is 32.7 Å². The van der Waals surface area contributed by atoms with E-state index >= 15 is 0 Å². The topological polar surface area (TPSA) is 21.3 Å². The SMILES string of the molecule is CCCCOc1ccc(C(NCC)c2ccsc2)cc1. The molecule has 0 saturated heterocycles. The van der Waals surface area contributed by atoms with Crippen LogP contribution in [0.25, 0.3) is 0 Å². The molecule has 1 aromatic heterocycles. The Morgan fingerprint density at radius 3 is 2.50 bits per heavy atom. The summed E-state index contributed by atoms with van der Waals surface area (Å²) in [7, 11) is 0. The van der Waals surface area contributed by atoms with Crippen LogP contribution in [-0.2, 0) is 0 Å². The highest BCUT2D eigenvalue weighted by Gasteiger charge is 2.13. The van der Waals surface area contributed by atoms with Gasteiger partial charge in [0.15, 0.2) is 0 Å². The summed E-state index contributed by atoms with van der Waals surface area (Å²) in [4.78, 5) is 0. The lowest BCUT2D eigenvalue weighted by molar-refractivity contribution is 0.309. The Kier molecular flexibility index (Phi) is 6.09. The fraction of sp³-hybridized carbons (Fsp3) is 0.412. The minimum Gasteiger partial charge on any atom is -0.494 e. The summed E-state index contributed by atoms with van der Waals surface area (Å²) in [5.74, 6) is 0.961. The number of rotatable bonds is 8. The monoisotopic (exact) mass is 289 g/mol. The van der Waals surface area contributed by atoms with Gasteiger partial charge in [0, 0.05) is 0 Å². The van der Waals surface area contributed by atoms with Crippen molar-refractivity contribution in [1.29, 1.82) is 0 Å². The molecule has 0 aliphatic rings. The Morgan fingerprint density at radius 1 is 1.10 bits per heavy atom. The zero-order valence-electron chi connectivity index (χ0n) is 12.3. The van der Waals surface area contributed by atoms with Crippen LogP contribution in [0.3, 0.4) is 0 Å². The second-order valence-electron chi connectivity index (χ2n) is 4.82. The molecule has 1 unspecified atom stereocenters. The van der Waals surface area contributed by atoms with Crippen molar-refractivity contribution in [2.24, 2.45) is 0 Å². The summed E-state index contributed by atoms with van der Waals surface area (Å²) < 4.78 is 5.71. The smallest absolute Gasteiger partial charge is 0.119 e. The van der Waals surface area contributed by atoms with Gasteiger partial charge in [-0.25, -0.2) is 0 Å². The van der Waals surface area contributed by atoms with Crippen LogP contribution < -0.4 is 10.1 Å². The largest absolute Gasteiger partial charge is 0.494 e. The first-order valence-electron chi connectivity index (χ1n) is 7.33. The van der Waals surface area contributed by atoms with E-state index in [4.69, 9.17) is 4.74 Å². The highest BCUT2D eigenvalue weighted by atomic mass is 32.1.